The van der Waals surface area contributed by atoms with Gasteiger partial charge in [0.15, 0.2) is 0 Å². The zero-order valence-electron chi connectivity index (χ0n) is 6.15. The maximum atomic E-state index is 4.97. The summed E-state index contributed by atoms with van der Waals surface area (Å²) in [6, 6.07) is 9.68. The average Bonchev–Trinajstić information content (AvgIpc) is 2.02. The summed E-state index contributed by atoms with van der Waals surface area (Å²) in [5.74, 6) is 0. The molecule has 1 aromatic rings. The number of hydrogen-bond donors (Lipinski definition) is 1. The highest BCUT2D eigenvalue weighted by Crippen LogP contribution is 2.24. The van der Waals surface area contributed by atoms with Crippen LogP contribution in [0.1, 0.15) is 0 Å². The molecule has 4 nitrogen and oxygen atoms in total. The molecule has 1 heterocycles. The number of hydroxylamine groups is 2. The lowest BCUT2D eigenvalue weighted by atomic mass is 10.3. The molecule has 1 aliphatic heterocycles. The number of nitrogens with one attached hydrogen (secondary N) is 1. The Kier molecular flexibility index (Phi) is 1.40. The smallest absolute Gasteiger partial charge is 0.0618 e. The second kappa shape index (κ2) is 2.28. The van der Waals surface area contributed by atoms with Crippen LogP contribution in [0.25, 0.3) is 0 Å². The van der Waals surface area contributed by atoms with Gasteiger partial charge in [0.05, 0.1) is 0 Å². The molecule has 0 spiro atoms. The number of hydrogen-bond acceptors (Lipinski definition) is 3. The van der Waals surface area contributed by atoms with Crippen LogP contribution in [0.5, 0.6) is 0 Å². The third kappa shape index (κ3) is 1.02. The summed E-state index contributed by atoms with van der Waals surface area (Å²) in [6.45, 7) is 0. The van der Waals surface area contributed by atoms with Crippen LogP contribution in [0, 0.1) is 0 Å². The van der Waals surface area contributed by atoms with Crippen molar-refractivity contribution in [2.75, 3.05) is 7.05 Å². The quantitative estimate of drug-likeness (QED) is 0.608. The molecule has 0 unspecified atom stereocenters. The molecule has 11 heavy (non-hydrogen) atoms. The molecule has 0 amide bonds. The lowest BCUT2D eigenvalue weighted by molar-refractivity contribution is -0.566. The van der Waals surface area contributed by atoms with E-state index in [2.05, 4.69) is 5.64 Å². The van der Waals surface area contributed by atoms with Gasteiger partial charge in [-0.3, -0.25) is 0 Å². The van der Waals surface area contributed by atoms with Crippen LogP contribution in [0.15, 0.2) is 30.3 Å². The van der Waals surface area contributed by atoms with Crippen LogP contribution in [0.2, 0.25) is 0 Å². The molecule has 1 aliphatic rings. The van der Waals surface area contributed by atoms with E-state index >= 15 is 0 Å². The molecule has 0 saturated carbocycles. The molecule has 1 aromatic carbocycles. The standard InChI is InChI=1S/C7H9N2O2/c1-9(10-8-11-9)7-5-3-2-4-6-7/h2-6,8H,1H3/q+1. The van der Waals surface area contributed by atoms with E-state index in [-0.39, 0.29) is 4.81 Å². The van der Waals surface area contributed by atoms with E-state index in [1.807, 2.05) is 30.3 Å². The molecule has 58 valence electrons. The minimum atomic E-state index is 0.0286. The predicted octanol–water partition coefficient (Wildman–Crippen LogP) is 0.920. The van der Waals surface area contributed by atoms with Gasteiger partial charge in [-0.05, 0) is 9.88 Å². The molecular formula is C7H9N2O2+. The minimum absolute atomic E-state index is 0.0286. The Morgan fingerprint density at radius 2 is 1.82 bits per heavy atom. The van der Waals surface area contributed by atoms with E-state index < -0.39 is 0 Å². The van der Waals surface area contributed by atoms with E-state index in [4.69, 9.17) is 9.88 Å². The number of nitrogens with zero attached hydrogens (tertiary/aromatic N) is 1. The average molecular weight is 153 g/mol. The van der Waals surface area contributed by atoms with Gasteiger partial charge in [0.1, 0.15) is 7.05 Å². The van der Waals surface area contributed by atoms with Crippen LogP contribution in [-0.4, -0.2) is 7.05 Å². The normalized spacial score (nSPS) is 20.8. The number of quaternary nitrogens is 1. The number of para-hydroxylation sites is 1. The summed E-state index contributed by atoms with van der Waals surface area (Å²) in [5, 5.41) is 0. The zero-order valence-corrected chi connectivity index (χ0v) is 6.15. The van der Waals surface area contributed by atoms with Crippen molar-refractivity contribution >= 4 is 5.69 Å². The summed E-state index contributed by atoms with van der Waals surface area (Å²) in [4.78, 5) is 9.97. The molecule has 2 rings (SSSR count). The molecule has 0 atom stereocenters. The Balaban J connectivity index is 2.29. The Morgan fingerprint density at radius 1 is 1.18 bits per heavy atom. The lowest BCUT2D eigenvalue weighted by Gasteiger charge is -2.32. The summed E-state index contributed by atoms with van der Waals surface area (Å²) in [5.41, 5.74) is 3.22. The first-order chi connectivity index (χ1) is 5.31. The fourth-order valence-electron chi connectivity index (χ4n) is 0.953. The molecule has 4 heteroatoms. The first-order valence-corrected chi connectivity index (χ1v) is 3.35. The van der Waals surface area contributed by atoms with E-state index in [9.17, 15) is 0 Å². The Hall–Kier alpha value is -0.940. The lowest BCUT2D eigenvalue weighted by Crippen LogP contribution is -2.62. The van der Waals surface area contributed by atoms with E-state index in [0.29, 0.717) is 0 Å². The van der Waals surface area contributed by atoms with Gasteiger partial charge < -0.3 is 0 Å². The van der Waals surface area contributed by atoms with Gasteiger partial charge in [0, 0.05) is 22.6 Å². The number of rotatable bonds is 1. The van der Waals surface area contributed by atoms with Crippen LogP contribution >= 0.6 is 0 Å². The maximum absolute atomic E-state index is 4.97. The van der Waals surface area contributed by atoms with Crippen molar-refractivity contribution in [3.8, 4) is 0 Å². The highest BCUT2D eigenvalue weighted by molar-refractivity contribution is 5.38. The van der Waals surface area contributed by atoms with Crippen LogP contribution in [0.3, 0.4) is 0 Å². The van der Waals surface area contributed by atoms with Gasteiger partial charge in [-0.15, -0.1) is 0 Å². The summed E-state index contributed by atoms with van der Waals surface area (Å²) in [7, 11) is 1.80. The molecule has 0 aliphatic carbocycles. The van der Waals surface area contributed by atoms with Crippen LogP contribution < -0.4 is 10.5 Å². The molecule has 1 N–H and O–H groups in total. The highest BCUT2D eigenvalue weighted by Gasteiger charge is 2.40. The van der Waals surface area contributed by atoms with Crippen molar-refractivity contribution in [1.82, 2.24) is 10.5 Å². The van der Waals surface area contributed by atoms with Crippen LogP contribution in [-0.2, 0) is 9.88 Å². The topological polar surface area (TPSA) is 30.5 Å². The summed E-state index contributed by atoms with van der Waals surface area (Å²) < 4.78 is 0. The molecule has 1 saturated heterocycles. The Morgan fingerprint density at radius 3 is 2.27 bits per heavy atom. The highest BCUT2D eigenvalue weighted by atomic mass is 17.3. The maximum Gasteiger partial charge on any atom is 0.203 e. The second-order valence-electron chi connectivity index (χ2n) is 2.45. The van der Waals surface area contributed by atoms with Crippen molar-refractivity contribution < 1.29 is 9.88 Å². The largest absolute Gasteiger partial charge is 0.203 e. The Bertz CT molecular complexity index is 246. The second-order valence-corrected chi connectivity index (χ2v) is 2.45. The van der Waals surface area contributed by atoms with Crippen molar-refractivity contribution in [2.24, 2.45) is 0 Å². The van der Waals surface area contributed by atoms with E-state index in [0.717, 1.165) is 5.69 Å². The first-order valence-electron chi connectivity index (χ1n) is 3.35. The fourth-order valence-corrected chi connectivity index (χ4v) is 0.953. The van der Waals surface area contributed by atoms with Gasteiger partial charge in [-0.2, -0.15) is 0 Å². The zero-order chi connectivity index (χ0) is 7.73. The molecule has 0 aromatic heterocycles. The molecule has 0 bridgehead atoms. The third-order valence-corrected chi connectivity index (χ3v) is 1.65. The summed E-state index contributed by atoms with van der Waals surface area (Å²) >= 11 is 0. The van der Waals surface area contributed by atoms with Crippen molar-refractivity contribution in [1.29, 1.82) is 0 Å². The van der Waals surface area contributed by atoms with E-state index in [1.165, 1.54) is 0 Å². The van der Waals surface area contributed by atoms with Crippen LogP contribution in [0.4, 0.5) is 5.69 Å². The van der Waals surface area contributed by atoms with Crippen molar-refractivity contribution in [3.05, 3.63) is 30.3 Å². The minimum Gasteiger partial charge on any atom is -0.0618 e. The summed E-state index contributed by atoms with van der Waals surface area (Å²) in [6.07, 6.45) is 0. The van der Waals surface area contributed by atoms with Gasteiger partial charge in [0.2, 0.25) is 5.69 Å². The van der Waals surface area contributed by atoms with Crippen molar-refractivity contribution in [3.63, 3.8) is 0 Å². The first kappa shape index (κ1) is 6.75. The fraction of sp³-hybridized carbons (Fsp3) is 0.143. The SMILES string of the molecule is C[N+]1(c2ccccc2)ONO1. The van der Waals surface area contributed by atoms with Crippen molar-refractivity contribution in [2.45, 2.75) is 0 Å². The monoisotopic (exact) mass is 153 g/mol. The Labute approximate surface area is 64.4 Å². The van der Waals surface area contributed by atoms with Gasteiger partial charge in [-0.25, -0.2) is 0 Å². The van der Waals surface area contributed by atoms with Gasteiger partial charge in [-0.1, -0.05) is 18.2 Å². The number of benzene rings is 1. The molecule has 0 radical (unpaired) electrons. The van der Waals surface area contributed by atoms with Gasteiger partial charge in [0.25, 0.3) is 0 Å². The molecule has 1 fully saturated rings. The predicted molar refractivity (Wildman–Crippen MR) is 39.5 cm³/mol. The van der Waals surface area contributed by atoms with Gasteiger partial charge >= 0.3 is 0 Å². The third-order valence-electron chi connectivity index (χ3n) is 1.65. The van der Waals surface area contributed by atoms with E-state index in [1.54, 1.807) is 7.05 Å². The molecular weight excluding hydrogens is 144 g/mol.